The molecular weight excluding hydrogens is 388 g/mol. The molecule has 1 atom stereocenters. The molecule has 3 aliphatic rings. The summed E-state index contributed by atoms with van der Waals surface area (Å²) < 4.78 is 5.44. The van der Waals surface area contributed by atoms with Crippen LogP contribution in [0.2, 0.25) is 0 Å². The molecule has 0 amide bonds. The van der Waals surface area contributed by atoms with Crippen LogP contribution in [0.4, 0.5) is 17.3 Å². The van der Waals surface area contributed by atoms with Crippen molar-refractivity contribution in [3.05, 3.63) is 72.3 Å². The lowest BCUT2D eigenvalue weighted by Gasteiger charge is -2.34. The van der Waals surface area contributed by atoms with Crippen molar-refractivity contribution in [2.45, 2.75) is 25.4 Å². The van der Waals surface area contributed by atoms with E-state index < -0.39 is 0 Å². The van der Waals surface area contributed by atoms with E-state index in [9.17, 15) is 0 Å². The minimum atomic E-state index is -0.243. The summed E-state index contributed by atoms with van der Waals surface area (Å²) in [6.45, 7) is 5.63. The number of ether oxygens (including phenoxy) is 1. The van der Waals surface area contributed by atoms with Crippen LogP contribution >= 0.6 is 0 Å². The Hall–Kier alpha value is -3.32. The first kappa shape index (κ1) is 19.6. The van der Waals surface area contributed by atoms with Crippen LogP contribution < -0.4 is 20.9 Å². The number of aromatic nitrogens is 2. The molecule has 3 N–H and O–H groups in total. The average Bonchev–Trinajstić information content (AvgIpc) is 3.20. The van der Waals surface area contributed by atoms with Gasteiger partial charge in [-0.05, 0) is 49.0 Å². The van der Waals surface area contributed by atoms with E-state index in [-0.39, 0.29) is 5.66 Å². The van der Waals surface area contributed by atoms with Crippen LogP contribution in [0.15, 0.2) is 66.7 Å². The molecule has 4 heterocycles. The molecule has 0 radical (unpaired) electrons. The largest absolute Gasteiger partial charge is 0.378 e. The van der Waals surface area contributed by atoms with Crippen molar-refractivity contribution >= 4 is 22.9 Å². The minimum Gasteiger partial charge on any atom is -0.378 e. The number of dihydropyridines is 1. The second-order valence-electron chi connectivity index (χ2n) is 7.98. The van der Waals surface area contributed by atoms with Gasteiger partial charge in [0.25, 0.3) is 0 Å². The van der Waals surface area contributed by atoms with E-state index in [1.54, 1.807) is 6.20 Å². The summed E-state index contributed by atoms with van der Waals surface area (Å²) >= 11 is 0. The smallest absolute Gasteiger partial charge is 0.227 e. The Morgan fingerprint density at radius 2 is 1.97 bits per heavy atom. The molecule has 0 aliphatic carbocycles. The highest BCUT2D eigenvalue weighted by molar-refractivity contribution is 5.83. The fourth-order valence-electron chi connectivity index (χ4n) is 4.41. The van der Waals surface area contributed by atoms with Crippen LogP contribution in [0.5, 0.6) is 0 Å². The average molecular weight is 417 g/mol. The SMILES string of the molecule is CCCC12NC=CC=C1C(c1ccnc(Nc3ccc(N4CCOCC4)cc3)n1)=CN2. The van der Waals surface area contributed by atoms with E-state index in [1.165, 1.54) is 11.3 Å². The highest BCUT2D eigenvalue weighted by Crippen LogP contribution is 2.38. The van der Waals surface area contributed by atoms with Crippen molar-refractivity contribution < 1.29 is 4.74 Å². The first-order chi connectivity index (χ1) is 15.3. The summed E-state index contributed by atoms with van der Waals surface area (Å²) in [5.74, 6) is 0.588. The third-order valence-corrected chi connectivity index (χ3v) is 5.96. The van der Waals surface area contributed by atoms with Gasteiger partial charge < -0.3 is 25.6 Å². The van der Waals surface area contributed by atoms with Gasteiger partial charge in [0, 0.05) is 48.0 Å². The molecule has 3 aliphatic heterocycles. The Morgan fingerprint density at radius 3 is 2.77 bits per heavy atom. The Bertz CT molecular complexity index is 1020. The van der Waals surface area contributed by atoms with Gasteiger partial charge in [-0.2, -0.15) is 0 Å². The zero-order valence-electron chi connectivity index (χ0n) is 17.8. The molecule has 0 spiro atoms. The van der Waals surface area contributed by atoms with Gasteiger partial charge in [0.05, 0.1) is 18.9 Å². The molecule has 1 fully saturated rings. The van der Waals surface area contributed by atoms with Crippen molar-refractivity contribution in [3.63, 3.8) is 0 Å². The van der Waals surface area contributed by atoms with E-state index in [4.69, 9.17) is 9.72 Å². The lowest BCUT2D eigenvalue weighted by atomic mass is 9.89. The predicted octanol–water partition coefficient (Wildman–Crippen LogP) is 3.54. The Balaban J connectivity index is 1.33. The molecule has 7 heteroatoms. The van der Waals surface area contributed by atoms with Gasteiger partial charge in [-0.1, -0.05) is 19.4 Å². The monoisotopic (exact) mass is 416 g/mol. The maximum absolute atomic E-state index is 5.44. The normalized spacial score (nSPS) is 22.2. The molecule has 31 heavy (non-hydrogen) atoms. The third-order valence-electron chi connectivity index (χ3n) is 5.96. The minimum absolute atomic E-state index is 0.243. The molecule has 0 bridgehead atoms. The van der Waals surface area contributed by atoms with Gasteiger partial charge in [0.15, 0.2) is 0 Å². The van der Waals surface area contributed by atoms with E-state index in [2.05, 4.69) is 69.3 Å². The molecule has 7 nitrogen and oxygen atoms in total. The zero-order chi connectivity index (χ0) is 21.1. The second kappa shape index (κ2) is 8.43. The summed E-state index contributed by atoms with van der Waals surface area (Å²) in [6, 6.07) is 10.4. The third kappa shape index (κ3) is 3.88. The zero-order valence-corrected chi connectivity index (χ0v) is 17.8. The first-order valence-electron chi connectivity index (χ1n) is 10.9. The van der Waals surface area contributed by atoms with E-state index in [1.807, 2.05) is 18.3 Å². The fourth-order valence-corrected chi connectivity index (χ4v) is 4.41. The number of nitrogens with one attached hydrogen (secondary N) is 3. The number of allylic oxidation sites excluding steroid dienone is 2. The topological polar surface area (TPSA) is 74.3 Å². The quantitative estimate of drug-likeness (QED) is 0.665. The van der Waals surface area contributed by atoms with E-state index in [0.29, 0.717) is 5.95 Å². The number of hydrogen-bond donors (Lipinski definition) is 3. The van der Waals surface area contributed by atoms with Gasteiger partial charge >= 0.3 is 0 Å². The molecular formula is C24H28N6O. The maximum Gasteiger partial charge on any atom is 0.227 e. The van der Waals surface area contributed by atoms with Gasteiger partial charge in [0.1, 0.15) is 5.66 Å². The van der Waals surface area contributed by atoms with Crippen molar-refractivity contribution in [2.75, 3.05) is 36.5 Å². The number of fused-ring (bicyclic) bond motifs is 1. The fraction of sp³-hybridized carbons (Fsp3) is 0.333. The number of benzene rings is 1. The summed E-state index contributed by atoms with van der Waals surface area (Å²) in [5.41, 5.74) is 5.15. The van der Waals surface area contributed by atoms with Gasteiger partial charge in [-0.3, -0.25) is 0 Å². The van der Waals surface area contributed by atoms with Crippen molar-refractivity contribution in [1.82, 2.24) is 20.6 Å². The van der Waals surface area contributed by atoms with Crippen molar-refractivity contribution in [3.8, 4) is 0 Å². The highest BCUT2D eigenvalue weighted by Gasteiger charge is 2.39. The molecule has 1 aromatic carbocycles. The molecule has 1 unspecified atom stereocenters. The number of nitrogens with zero attached hydrogens (tertiary/aromatic N) is 3. The standard InChI is InChI=1S/C24H28N6O/c1-2-10-24-21(4-3-11-26-24)20(17-27-24)22-9-12-25-23(29-22)28-18-5-7-19(8-6-18)30-13-15-31-16-14-30/h3-9,11-12,17,26-27H,2,10,13-16H2,1H3,(H,25,28,29). The number of rotatable bonds is 6. The van der Waals surface area contributed by atoms with Crippen LogP contribution in [-0.2, 0) is 4.74 Å². The Kier molecular flexibility index (Phi) is 5.34. The van der Waals surface area contributed by atoms with Crippen molar-refractivity contribution in [2.24, 2.45) is 0 Å². The number of morpholine rings is 1. The van der Waals surface area contributed by atoms with Crippen LogP contribution in [0.3, 0.4) is 0 Å². The molecule has 160 valence electrons. The maximum atomic E-state index is 5.44. The summed E-state index contributed by atoms with van der Waals surface area (Å²) in [5, 5.41) is 10.4. The van der Waals surface area contributed by atoms with Gasteiger partial charge in [0.2, 0.25) is 5.95 Å². The lowest BCUT2D eigenvalue weighted by Crippen LogP contribution is -2.52. The molecule has 1 saturated heterocycles. The van der Waals surface area contributed by atoms with Crippen LogP contribution in [0.25, 0.3) is 5.57 Å². The highest BCUT2D eigenvalue weighted by atomic mass is 16.5. The second-order valence-corrected chi connectivity index (χ2v) is 7.98. The van der Waals surface area contributed by atoms with E-state index in [0.717, 1.165) is 56.1 Å². The van der Waals surface area contributed by atoms with Gasteiger partial charge in [-0.15, -0.1) is 0 Å². The van der Waals surface area contributed by atoms with Crippen LogP contribution in [0, 0.1) is 0 Å². The molecule has 1 aromatic heterocycles. The molecule has 5 rings (SSSR count). The van der Waals surface area contributed by atoms with Crippen LogP contribution in [0.1, 0.15) is 25.5 Å². The van der Waals surface area contributed by atoms with Crippen molar-refractivity contribution in [1.29, 1.82) is 0 Å². The molecule has 2 aromatic rings. The summed E-state index contributed by atoms with van der Waals surface area (Å²) in [7, 11) is 0. The number of anilines is 3. The first-order valence-corrected chi connectivity index (χ1v) is 10.9. The van der Waals surface area contributed by atoms with E-state index >= 15 is 0 Å². The van der Waals surface area contributed by atoms with Crippen LogP contribution in [-0.4, -0.2) is 41.9 Å². The predicted molar refractivity (Wildman–Crippen MR) is 124 cm³/mol. The molecule has 0 saturated carbocycles. The Labute approximate surface area is 182 Å². The lowest BCUT2D eigenvalue weighted by molar-refractivity contribution is 0.122. The van der Waals surface area contributed by atoms with Gasteiger partial charge in [-0.25, -0.2) is 9.97 Å². The Morgan fingerprint density at radius 1 is 1.13 bits per heavy atom. The summed E-state index contributed by atoms with van der Waals surface area (Å²) in [6.07, 6.45) is 12.1. The number of hydrogen-bond acceptors (Lipinski definition) is 7. The summed E-state index contributed by atoms with van der Waals surface area (Å²) in [4.78, 5) is 11.6.